The molecule has 0 bridgehead atoms. The molecule has 4 nitrogen and oxygen atoms in total. The monoisotopic (exact) mass is 270 g/mol. The van der Waals surface area contributed by atoms with Gasteiger partial charge in [0.2, 0.25) is 5.91 Å². The van der Waals surface area contributed by atoms with Gasteiger partial charge >= 0.3 is 6.61 Å². The van der Waals surface area contributed by atoms with Crippen molar-refractivity contribution < 1.29 is 18.3 Å². The minimum absolute atomic E-state index is 0.0342. The van der Waals surface area contributed by atoms with Gasteiger partial charge in [0.15, 0.2) is 0 Å². The number of alkyl halides is 2. The van der Waals surface area contributed by atoms with Gasteiger partial charge in [0.1, 0.15) is 5.75 Å². The Kier molecular flexibility index (Phi) is 4.68. The fraction of sp³-hybridized carbons (Fsp3) is 0.462. The third-order valence-electron chi connectivity index (χ3n) is 2.79. The van der Waals surface area contributed by atoms with Gasteiger partial charge in [0, 0.05) is 0 Å². The smallest absolute Gasteiger partial charge is 0.387 e. The standard InChI is InChI=1S/C13H16F2N2O2/c14-13(15)19-11-4-2-1-3-10(11)17-12(18)8-16-7-9-5-6-9/h1-4,9,13,16H,5-8H2,(H,17,18). The second-order valence-electron chi connectivity index (χ2n) is 4.50. The summed E-state index contributed by atoms with van der Waals surface area (Å²) in [7, 11) is 0. The summed E-state index contributed by atoms with van der Waals surface area (Å²) in [6.45, 7) is -1.92. The Morgan fingerprint density at radius 3 is 2.79 bits per heavy atom. The molecule has 1 saturated carbocycles. The molecule has 0 radical (unpaired) electrons. The van der Waals surface area contributed by atoms with Gasteiger partial charge in [-0.2, -0.15) is 8.78 Å². The number of amides is 1. The fourth-order valence-corrected chi connectivity index (χ4v) is 1.67. The van der Waals surface area contributed by atoms with Crippen LogP contribution in [0.2, 0.25) is 0 Å². The Labute approximate surface area is 110 Å². The van der Waals surface area contributed by atoms with Crippen LogP contribution in [0.15, 0.2) is 24.3 Å². The van der Waals surface area contributed by atoms with Gasteiger partial charge in [-0.1, -0.05) is 12.1 Å². The van der Waals surface area contributed by atoms with E-state index in [0.29, 0.717) is 5.92 Å². The van der Waals surface area contributed by atoms with E-state index >= 15 is 0 Å². The lowest BCUT2D eigenvalue weighted by Gasteiger charge is -2.11. The zero-order valence-electron chi connectivity index (χ0n) is 10.4. The number of anilines is 1. The van der Waals surface area contributed by atoms with E-state index in [2.05, 4.69) is 15.4 Å². The third-order valence-corrected chi connectivity index (χ3v) is 2.79. The molecule has 1 aliphatic rings. The normalized spacial score (nSPS) is 14.5. The Morgan fingerprint density at radius 2 is 2.11 bits per heavy atom. The van der Waals surface area contributed by atoms with E-state index < -0.39 is 6.61 Å². The van der Waals surface area contributed by atoms with E-state index in [-0.39, 0.29) is 23.9 Å². The van der Waals surface area contributed by atoms with Gasteiger partial charge in [-0.05, 0) is 37.4 Å². The number of hydrogen-bond acceptors (Lipinski definition) is 3. The van der Waals surface area contributed by atoms with Crippen LogP contribution in [0.1, 0.15) is 12.8 Å². The Morgan fingerprint density at radius 1 is 1.37 bits per heavy atom. The summed E-state index contributed by atoms with van der Waals surface area (Å²) in [4.78, 5) is 11.6. The third kappa shape index (κ3) is 4.82. The van der Waals surface area contributed by atoms with Crippen LogP contribution in [-0.2, 0) is 4.79 Å². The summed E-state index contributed by atoms with van der Waals surface area (Å²) in [5, 5.41) is 5.58. The number of halogens is 2. The Balaban J connectivity index is 1.84. The minimum atomic E-state index is -2.91. The zero-order chi connectivity index (χ0) is 13.7. The van der Waals surface area contributed by atoms with Crippen LogP contribution >= 0.6 is 0 Å². The topological polar surface area (TPSA) is 50.4 Å². The van der Waals surface area contributed by atoms with E-state index in [4.69, 9.17) is 0 Å². The number of hydrogen-bond donors (Lipinski definition) is 2. The Bertz CT molecular complexity index is 436. The van der Waals surface area contributed by atoms with E-state index in [1.54, 1.807) is 12.1 Å². The van der Waals surface area contributed by atoms with Gasteiger partial charge in [0.25, 0.3) is 0 Å². The number of para-hydroxylation sites is 2. The van der Waals surface area contributed by atoms with Crippen molar-refractivity contribution in [3.05, 3.63) is 24.3 Å². The maximum atomic E-state index is 12.2. The molecular formula is C13H16F2N2O2. The number of nitrogens with one attached hydrogen (secondary N) is 2. The molecule has 0 aromatic heterocycles. The van der Waals surface area contributed by atoms with Crippen LogP contribution in [-0.4, -0.2) is 25.6 Å². The predicted molar refractivity (Wildman–Crippen MR) is 67.3 cm³/mol. The van der Waals surface area contributed by atoms with Crippen molar-refractivity contribution >= 4 is 11.6 Å². The number of carbonyl (C=O) groups excluding carboxylic acids is 1. The first kappa shape index (κ1) is 13.7. The van der Waals surface area contributed by atoms with E-state index in [9.17, 15) is 13.6 Å². The SMILES string of the molecule is O=C(CNCC1CC1)Nc1ccccc1OC(F)F. The van der Waals surface area contributed by atoms with Gasteiger partial charge in [-0.25, -0.2) is 0 Å². The lowest BCUT2D eigenvalue weighted by Crippen LogP contribution is -2.29. The number of rotatable bonds is 7. The highest BCUT2D eigenvalue weighted by Gasteiger charge is 2.20. The van der Waals surface area contributed by atoms with Crippen LogP contribution in [0.5, 0.6) is 5.75 Å². The van der Waals surface area contributed by atoms with Crippen LogP contribution < -0.4 is 15.4 Å². The maximum Gasteiger partial charge on any atom is 0.387 e. The first-order valence-electron chi connectivity index (χ1n) is 6.19. The van der Waals surface area contributed by atoms with Gasteiger partial charge < -0.3 is 15.4 Å². The van der Waals surface area contributed by atoms with Crippen LogP contribution in [0.4, 0.5) is 14.5 Å². The molecule has 104 valence electrons. The molecule has 0 atom stereocenters. The molecule has 2 N–H and O–H groups in total. The Hall–Kier alpha value is -1.69. The maximum absolute atomic E-state index is 12.2. The van der Waals surface area contributed by atoms with Crippen molar-refractivity contribution in [2.45, 2.75) is 19.5 Å². The summed E-state index contributed by atoms with van der Waals surface area (Å²) in [5.41, 5.74) is 0.251. The zero-order valence-corrected chi connectivity index (χ0v) is 10.4. The predicted octanol–water partition coefficient (Wildman–Crippen LogP) is 2.23. The summed E-state index contributed by atoms with van der Waals surface area (Å²) in [6.07, 6.45) is 2.42. The fourth-order valence-electron chi connectivity index (χ4n) is 1.67. The summed E-state index contributed by atoms with van der Waals surface area (Å²) >= 11 is 0. The van der Waals surface area contributed by atoms with Crippen molar-refractivity contribution in [2.24, 2.45) is 5.92 Å². The highest BCUT2D eigenvalue weighted by Crippen LogP contribution is 2.27. The van der Waals surface area contributed by atoms with Crippen molar-refractivity contribution in [3.8, 4) is 5.75 Å². The second-order valence-corrected chi connectivity index (χ2v) is 4.50. The molecule has 6 heteroatoms. The van der Waals surface area contributed by atoms with Crippen LogP contribution in [0.3, 0.4) is 0 Å². The summed E-state index contributed by atoms with van der Waals surface area (Å²) in [6, 6.07) is 6.13. The molecule has 0 spiro atoms. The lowest BCUT2D eigenvalue weighted by molar-refractivity contribution is -0.115. The average Bonchev–Trinajstić information content (AvgIpc) is 3.15. The molecule has 1 amide bonds. The molecule has 19 heavy (non-hydrogen) atoms. The number of carbonyl (C=O) groups is 1. The highest BCUT2D eigenvalue weighted by atomic mass is 19.3. The van der Waals surface area contributed by atoms with Crippen LogP contribution in [0.25, 0.3) is 0 Å². The first-order chi connectivity index (χ1) is 9.15. The van der Waals surface area contributed by atoms with Gasteiger partial charge in [-0.15, -0.1) is 0 Å². The molecule has 1 aromatic rings. The summed E-state index contributed by atoms with van der Waals surface area (Å²) in [5.74, 6) is 0.376. The van der Waals surface area contributed by atoms with Gasteiger partial charge in [0.05, 0.1) is 12.2 Å². The number of ether oxygens (including phenoxy) is 1. The second kappa shape index (κ2) is 6.47. The largest absolute Gasteiger partial charge is 0.433 e. The minimum Gasteiger partial charge on any atom is -0.433 e. The number of benzene rings is 1. The molecule has 0 heterocycles. The molecule has 1 fully saturated rings. The molecule has 0 saturated heterocycles. The van der Waals surface area contributed by atoms with E-state index in [1.807, 2.05) is 0 Å². The molecule has 1 aliphatic carbocycles. The van der Waals surface area contributed by atoms with Crippen molar-refractivity contribution in [1.29, 1.82) is 0 Å². The molecule has 0 aliphatic heterocycles. The average molecular weight is 270 g/mol. The molecule has 1 aromatic carbocycles. The van der Waals surface area contributed by atoms with E-state index in [1.165, 1.54) is 25.0 Å². The van der Waals surface area contributed by atoms with Crippen LogP contribution in [0, 0.1) is 5.92 Å². The highest BCUT2D eigenvalue weighted by molar-refractivity contribution is 5.93. The summed E-state index contributed by atoms with van der Waals surface area (Å²) < 4.78 is 28.7. The molecule has 2 rings (SSSR count). The van der Waals surface area contributed by atoms with Gasteiger partial charge in [-0.3, -0.25) is 4.79 Å². The lowest BCUT2D eigenvalue weighted by atomic mass is 10.3. The van der Waals surface area contributed by atoms with Crippen molar-refractivity contribution in [3.63, 3.8) is 0 Å². The molecule has 0 unspecified atom stereocenters. The first-order valence-corrected chi connectivity index (χ1v) is 6.19. The quantitative estimate of drug-likeness (QED) is 0.798. The van der Waals surface area contributed by atoms with Crippen molar-refractivity contribution in [2.75, 3.05) is 18.4 Å². The molecular weight excluding hydrogens is 254 g/mol. The van der Waals surface area contributed by atoms with E-state index in [0.717, 1.165) is 6.54 Å². The van der Waals surface area contributed by atoms with Crippen molar-refractivity contribution in [1.82, 2.24) is 5.32 Å².